The molecule has 13 heteroatoms. The van der Waals surface area contributed by atoms with Crippen molar-refractivity contribution in [2.75, 3.05) is 0 Å². The van der Waals surface area contributed by atoms with Gasteiger partial charge in [-0.15, -0.1) is 0 Å². The Morgan fingerprint density at radius 1 is 0.895 bits per heavy atom. The van der Waals surface area contributed by atoms with Crippen LogP contribution in [0.25, 0.3) is 11.2 Å². The predicted molar refractivity (Wildman–Crippen MR) is 126 cm³/mol. The highest BCUT2D eigenvalue weighted by Crippen LogP contribution is 2.33. The van der Waals surface area contributed by atoms with Gasteiger partial charge < -0.3 is 4.74 Å². The van der Waals surface area contributed by atoms with E-state index in [1.54, 1.807) is 0 Å². The van der Waals surface area contributed by atoms with E-state index in [0.717, 1.165) is 39.5 Å². The average Bonchev–Trinajstić information content (AvgIpc) is 3.20. The molecule has 0 bridgehead atoms. The number of nitrogens with zero attached hydrogens (tertiary/aromatic N) is 4. The van der Waals surface area contributed by atoms with Crippen molar-refractivity contribution in [2.24, 2.45) is 7.05 Å². The maximum Gasteiger partial charge on any atom is 0.416 e. The lowest BCUT2D eigenvalue weighted by Crippen LogP contribution is -2.39. The van der Waals surface area contributed by atoms with Crippen molar-refractivity contribution in [1.29, 1.82) is 0 Å². The van der Waals surface area contributed by atoms with E-state index in [1.807, 2.05) is 6.92 Å². The number of ether oxygens (including phenoxy) is 1. The number of fused-ring (bicyclic) bond motifs is 1. The summed E-state index contributed by atoms with van der Waals surface area (Å²) in [7, 11) is 1.38. The third-order valence-electron chi connectivity index (χ3n) is 5.93. The molecular weight excluding hydrogens is 518 g/mol. The zero-order valence-corrected chi connectivity index (χ0v) is 20.2. The molecule has 0 spiro atoms. The van der Waals surface area contributed by atoms with Gasteiger partial charge in [0.2, 0.25) is 0 Å². The summed E-state index contributed by atoms with van der Waals surface area (Å²) in [4.78, 5) is 30.5. The van der Waals surface area contributed by atoms with E-state index >= 15 is 0 Å². The molecule has 0 atom stereocenters. The third kappa shape index (κ3) is 5.31. The van der Waals surface area contributed by atoms with Crippen molar-refractivity contribution in [1.82, 2.24) is 18.7 Å². The highest BCUT2D eigenvalue weighted by Gasteiger charge is 2.32. The molecule has 0 amide bonds. The molecule has 0 fully saturated rings. The first-order chi connectivity index (χ1) is 17.8. The van der Waals surface area contributed by atoms with Crippen LogP contribution in [0.4, 0.5) is 26.3 Å². The second kappa shape index (κ2) is 10.0. The van der Waals surface area contributed by atoms with E-state index < -0.39 is 34.7 Å². The molecule has 0 saturated carbocycles. The molecule has 2 aromatic carbocycles. The molecule has 38 heavy (non-hydrogen) atoms. The summed E-state index contributed by atoms with van der Waals surface area (Å²) in [5.41, 5.74) is -3.02. The molecule has 0 radical (unpaired) electrons. The summed E-state index contributed by atoms with van der Waals surface area (Å²) in [5, 5.41) is 0. The smallest absolute Gasteiger partial charge is 0.416 e. The highest BCUT2D eigenvalue weighted by atomic mass is 19.4. The largest absolute Gasteiger partial charge is 0.425 e. The van der Waals surface area contributed by atoms with E-state index in [2.05, 4.69) is 4.98 Å². The fraction of sp³-hybridized carbons (Fsp3) is 0.320. The van der Waals surface area contributed by atoms with Crippen LogP contribution in [0.5, 0.6) is 11.8 Å². The maximum atomic E-state index is 13.4. The molecule has 0 N–H and O–H groups in total. The van der Waals surface area contributed by atoms with E-state index in [1.165, 1.54) is 29.8 Å². The van der Waals surface area contributed by atoms with Gasteiger partial charge in [0.25, 0.3) is 5.56 Å². The maximum absolute atomic E-state index is 13.4. The molecular formula is C25H22F6N4O3. The Labute approximate surface area is 211 Å². The Bertz CT molecular complexity index is 1580. The number of imidazole rings is 1. The fourth-order valence-electron chi connectivity index (χ4n) is 3.91. The molecule has 2 heterocycles. The molecule has 7 nitrogen and oxygen atoms in total. The van der Waals surface area contributed by atoms with Crippen molar-refractivity contribution in [3.8, 4) is 11.8 Å². The highest BCUT2D eigenvalue weighted by molar-refractivity contribution is 5.72. The van der Waals surface area contributed by atoms with Crippen LogP contribution >= 0.6 is 0 Å². The van der Waals surface area contributed by atoms with Crippen LogP contribution in [0.3, 0.4) is 0 Å². The summed E-state index contributed by atoms with van der Waals surface area (Å²) >= 11 is 0. The average molecular weight is 540 g/mol. The number of aryl methyl sites for hydroxylation is 1. The van der Waals surface area contributed by atoms with Gasteiger partial charge in [-0.1, -0.05) is 31.5 Å². The van der Waals surface area contributed by atoms with Gasteiger partial charge in [-0.3, -0.25) is 18.5 Å². The SMILES string of the molecule is CCCCn1c(=O)c2c(nc(Oc3cccc(C(F)(F)F)c3)n2Cc2ccc(C(F)(F)F)cc2)n(C)c1=O. The number of hydrogen-bond acceptors (Lipinski definition) is 4. The van der Waals surface area contributed by atoms with Crippen molar-refractivity contribution in [3.63, 3.8) is 0 Å². The Morgan fingerprint density at radius 3 is 2.16 bits per heavy atom. The zero-order chi connectivity index (χ0) is 27.8. The Kier molecular flexibility index (Phi) is 7.13. The lowest BCUT2D eigenvalue weighted by molar-refractivity contribution is -0.138. The molecule has 2 aromatic heterocycles. The van der Waals surface area contributed by atoms with Crippen molar-refractivity contribution in [2.45, 2.75) is 45.2 Å². The van der Waals surface area contributed by atoms with Gasteiger partial charge in [0.05, 0.1) is 17.7 Å². The predicted octanol–water partition coefficient (Wildman–Crippen LogP) is 5.58. The standard InChI is InChI=1S/C25H22F6N4O3/c1-3-4-12-34-21(36)19-20(33(2)23(34)37)32-22(38-18-7-5-6-17(13-18)25(29,30)31)35(19)14-15-8-10-16(11-9-15)24(26,27)28/h5-11,13H,3-4,12,14H2,1-2H3. The number of halogens is 6. The molecule has 4 aromatic rings. The van der Waals surface area contributed by atoms with Gasteiger partial charge in [0.1, 0.15) is 5.75 Å². The lowest BCUT2D eigenvalue weighted by atomic mass is 10.1. The van der Waals surface area contributed by atoms with Crippen LogP contribution in [0, 0.1) is 0 Å². The molecule has 4 rings (SSSR count). The van der Waals surface area contributed by atoms with Crippen LogP contribution in [0.15, 0.2) is 58.1 Å². The minimum atomic E-state index is -4.64. The van der Waals surface area contributed by atoms with Crippen LogP contribution in [-0.4, -0.2) is 18.7 Å². The van der Waals surface area contributed by atoms with Crippen LogP contribution in [0.2, 0.25) is 0 Å². The summed E-state index contributed by atoms with van der Waals surface area (Å²) in [6, 6.07) is 7.85. The number of rotatable bonds is 7. The van der Waals surface area contributed by atoms with Gasteiger partial charge in [0, 0.05) is 13.6 Å². The van der Waals surface area contributed by atoms with Gasteiger partial charge >= 0.3 is 24.1 Å². The normalized spacial score (nSPS) is 12.3. The first-order valence-corrected chi connectivity index (χ1v) is 11.5. The van der Waals surface area contributed by atoms with Gasteiger partial charge in [-0.2, -0.15) is 31.3 Å². The van der Waals surface area contributed by atoms with Crippen LogP contribution < -0.4 is 16.0 Å². The topological polar surface area (TPSA) is 71.1 Å². The van der Waals surface area contributed by atoms with Gasteiger partial charge in [0.15, 0.2) is 11.2 Å². The Balaban J connectivity index is 1.89. The molecule has 0 saturated heterocycles. The number of benzene rings is 2. The molecule has 0 aliphatic carbocycles. The lowest BCUT2D eigenvalue weighted by Gasteiger charge is -2.13. The number of alkyl halides is 6. The van der Waals surface area contributed by atoms with E-state index in [4.69, 9.17) is 4.74 Å². The first kappa shape index (κ1) is 27.0. The monoisotopic (exact) mass is 540 g/mol. The second-order valence-corrected chi connectivity index (χ2v) is 8.63. The third-order valence-corrected chi connectivity index (χ3v) is 5.93. The number of unbranched alkanes of at least 4 members (excludes halogenated alkanes) is 1. The number of aromatic nitrogens is 4. The fourth-order valence-corrected chi connectivity index (χ4v) is 3.91. The molecule has 0 aliphatic heterocycles. The minimum Gasteiger partial charge on any atom is -0.425 e. The molecule has 0 unspecified atom stereocenters. The quantitative estimate of drug-likeness (QED) is 0.287. The summed E-state index contributed by atoms with van der Waals surface area (Å²) in [6.45, 7) is 1.79. The summed E-state index contributed by atoms with van der Waals surface area (Å²) in [5.74, 6) is -0.236. The molecule has 0 aliphatic rings. The van der Waals surface area contributed by atoms with Crippen LogP contribution in [0.1, 0.15) is 36.5 Å². The van der Waals surface area contributed by atoms with E-state index in [9.17, 15) is 35.9 Å². The van der Waals surface area contributed by atoms with Gasteiger partial charge in [-0.25, -0.2) is 4.79 Å². The van der Waals surface area contributed by atoms with E-state index in [-0.39, 0.29) is 36.0 Å². The van der Waals surface area contributed by atoms with Gasteiger partial charge in [-0.05, 0) is 42.3 Å². The summed E-state index contributed by atoms with van der Waals surface area (Å²) < 4.78 is 87.7. The minimum absolute atomic E-state index is 0.0786. The molecule has 202 valence electrons. The second-order valence-electron chi connectivity index (χ2n) is 8.63. The summed E-state index contributed by atoms with van der Waals surface area (Å²) in [6.07, 6.45) is -7.97. The van der Waals surface area contributed by atoms with Crippen LogP contribution in [-0.2, 0) is 32.5 Å². The Morgan fingerprint density at radius 2 is 1.55 bits per heavy atom. The number of hydrogen-bond donors (Lipinski definition) is 0. The first-order valence-electron chi connectivity index (χ1n) is 11.5. The van der Waals surface area contributed by atoms with Crippen molar-refractivity contribution in [3.05, 3.63) is 86.1 Å². The van der Waals surface area contributed by atoms with Crippen molar-refractivity contribution < 1.29 is 31.1 Å². The van der Waals surface area contributed by atoms with Crippen molar-refractivity contribution >= 4 is 11.2 Å². The Hall–Kier alpha value is -4.03. The zero-order valence-electron chi connectivity index (χ0n) is 20.2. The van der Waals surface area contributed by atoms with E-state index in [0.29, 0.717) is 18.4 Å².